The van der Waals surface area contributed by atoms with Crippen LogP contribution in [0, 0.1) is 12.7 Å². The van der Waals surface area contributed by atoms with Gasteiger partial charge in [-0.05, 0) is 49.6 Å². The number of hydrogen-bond acceptors (Lipinski definition) is 1. The highest BCUT2D eigenvalue weighted by atomic mass is 19.1. The molecule has 0 bridgehead atoms. The van der Waals surface area contributed by atoms with Crippen molar-refractivity contribution < 1.29 is 4.39 Å². The molecule has 0 aliphatic carbocycles. The Labute approximate surface area is 104 Å². The maximum absolute atomic E-state index is 12.9. The highest BCUT2D eigenvalue weighted by Gasteiger charge is 1.97. The highest BCUT2D eigenvalue weighted by molar-refractivity contribution is 5.28. The third-order valence-corrected chi connectivity index (χ3v) is 2.67. The van der Waals surface area contributed by atoms with Gasteiger partial charge in [-0.1, -0.05) is 32.1 Å². The first-order valence-corrected chi connectivity index (χ1v) is 6.23. The van der Waals surface area contributed by atoms with Gasteiger partial charge in [0.25, 0.3) is 0 Å². The third-order valence-electron chi connectivity index (χ3n) is 2.67. The molecule has 1 nitrogen and oxygen atoms in total. The van der Waals surface area contributed by atoms with Crippen LogP contribution in [0.2, 0.25) is 0 Å². The molecule has 1 N–H and O–H groups in total. The molecule has 0 aromatic heterocycles. The molecule has 0 fully saturated rings. The molecule has 0 saturated carbocycles. The van der Waals surface area contributed by atoms with Crippen molar-refractivity contribution in [1.82, 2.24) is 5.32 Å². The van der Waals surface area contributed by atoms with Gasteiger partial charge in [0.05, 0.1) is 0 Å². The molecule has 0 saturated heterocycles. The van der Waals surface area contributed by atoms with Crippen molar-refractivity contribution in [2.45, 2.75) is 39.7 Å². The Balaban J connectivity index is 2.32. The Hall–Kier alpha value is -1.15. The van der Waals surface area contributed by atoms with Crippen LogP contribution in [0.1, 0.15) is 31.4 Å². The Bertz CT molecular complexity index is 369. The lowest BCUT2D eigenvalue weighted by molar-refractivity contribution is 0.594. The van der Waals surface area contributed by atoms with E-state index in [9.17, 15) is 4.39 Å². The standard InChI is InChI=1S/C15H22FN/c1-12(2)17-10-6-4-5-7-14-8-9-15(16)11-13(14)3/h4-5,8-9,11-12,17H,6-7,10H2,1-3H3/b5-4+. The summed E-state index contributed by atoms with van der Waals surface area (Å²) in [6.45, 7) is 7.25. The second kappa shape index (κ2) is 7.23. The maximum atomic E-state index is 12.9. The van der Waals surface area contributed by atoms with Gasteiger partial charge in [0.1, 0.15) is 5.82 Å². The van der Waals surface area contributed by atoms with Gasteiger partial charge in [0.15, 0.2) is 0 Å². The fourth-order valence-corrected chi connectivity index (χ4v) is 1.67. The zero-order valence-corrected chi connectivity index (χ0v) is 11.0. The Morgan fingerprint density at radius 1 is 1.29 bits per heavy atom. The zero-order chi connectivity index (χ0) is 12.7. The molecule has 1 aromatic carbocycles. The molecule has 0 radical (unpaired) electrons. The SMILES string of the molecule is Cc1cc(F)ccc1C/C=C/CCNC(C)C. The summed E-state index contributed by atoms with van der Waals surface area (Å²) in [7, 11) is 0. The molecular weight excluding hydrogens is 213 g/mol. The van der Waals surface area contributed by atoms with E-state index < -0.39 is 0 Å². The molecule has 1 aromatic rings. The van der Waals surface area contributed by atoms with E-state index in [0.717, 1.165) is 24.9 Å². The van der Waals surface area contributed by atoms with Gasteiger partial charge in [-0.25, -0.2) is 4.39 Å². The molecule has 1 rings (SSSR count). The van der Waals surface area contributed by atoms with E-state index in [1.54, 1.807) is 6.07 Å². The fourth-order valence-electron chi connectivity index (χ4n) is 1.67. The van der Waals surface area contributed by atoms with Gasteiger partial charge < -0.3 is 5.32 Å². The van der Waals surface area contributed by atoms with E-state index in [0.29, 0.717) is 6.04 Å². The van der Waals surface area contributed by atoms with Crippen molar-refractivity contribution in [3.63, 3.8) is 0 Å². The number of rotatable bonds is 6. The van der Waals surface area contributed by atoms with Crippen molar-refractivity contribution in [3.8, 4) is 0 Å². The van der Waals surface area contributed by atoms with Gasteiger partial charge in [0, 0.05) is 6.04 Å². The number of hydrogen-bond donors (Lipinski definition) is 1. The number of aryl methyl sites for hydroxylation is 1. The summed E-state index contributed by atoms with van der Waals surface area (Å²) in [6, 6.07) is 5.52. The molecule has 0 spiro atoms. The minimum absolute atomic E-state index is 0.156. The normalized spacial score (nSPS) is 11.6. The lowest BCUT2D eigenvalue weighted by atomic mass is 10.1. The predicted molar refractivity (Wildman–Crippen MR) is 71.7 cm³/mol. The van der Waals surface area contributed by atoms with E-state index >= 15 is 0 Å². The van der Waals surface area contributed by atoms with Crippen LogP contribution in [0.25, 0.3) is 0 Å². The van der Waals surface area contributed by atoms with E-state index in [4.69, 9.17) is 0 Å². The first kappa shape index (κ1) is 13.9. The second-order valence-corrected chi connectivity index (χ2v) is 4.64. The van der Waals surface area contributed by atoms with Crippen LogP contribution in [-0.2, 0) is 6.42 Å². The largest absolute Gasteiger partial charge is 0.314 e. The van der Waals surface area contributed by atoms with E-state index in [1.807, 2.05) is 13.0 Å². The van der Waals surface area contributed by atoms with E-state index in [2.05, 4.69) is 31.3 Å². The first-order valence-electron chi connectivity index (χ1n) is 6.23. The van der Waals surface area contributed by atoms with Gasteiger partial charge in [0.2, 0.25) is 0 Å². The molecule has 2 heteroatoms. The smallest absolute Gasteiger partial charge is 0.123 e. The monoisotopic (exact) mass is 235 g/mol. The van der Waals surface area contributed by atoms with Gasteiger partial charge in [-0.3, -0.25) is 0 Å². The summed E-state index contributed by atoms with van der Waals surface area (Å²) in [4.78, 5) is 0. The first-order chi connectivity index (χ1) is 8.09. The number of nitrogens with one attached hydrogen (secondary N) is 1. The van der Waals surface area contributed by atoms with E-state index in [1.165, 1.54) is 11.6 Å². The van der Waals surface area contributed by atoms with Crippen molar-refractivity contribution in [3.05, 3.63) is 47.3 Å². The Morgan fingerprint density at radius 2 is 2.06 bits per heavy atom. The summed E-state index contributed by atoms with van der Waals surface area (Å²) in [5.74, 6) is -0.156. The highest BCUT2D eigenvalue weighted by Crippen LogP contribution is 2.11. The molecule has 0 atom stereocenters. The molecule has 0 amide bonds. The van der Waals surface area contributed by atoms with Crippen molar-refractivity contribution >= 4 is 0 Å². The summed E-state index contributed by atoms with van der Waals surface area (Å²) < 4.78 is 12.9. The topological polar surface area (TPSA) is 12.0 Å². The molecule has 0 aliphatic rings. The van der Waals surface area contributed by atoms with Crippen molar-refractivity contribution in [2.75, 3.05) is 6.54 Å². The van der Waals surface area contributed by atoms with Gasteiger partial charge >= 0.3 is 0 Å². The molecular formula is C15H22FN. The number of benzene rings is 1. The Kier molecular flexibility index (Phi) is 5.92. The molecule has 0 heterocycles. The van der Waals surface area contributed by atoms with Crippen molar-refractivity contribution in [2.24, 2.45) is 0 Å². The van der Waals surface area contributed by atoms with Crippen LogP contribution in [0.15, 0.2) is 30.4 Å². The lowest BCUT2D eigenvalue weighted by Gasteiger charge is -2.05. The average Bonchev–Trinajstić information content (AvgIpc) is 2.25. The van der Waals surface area contributed by atoms with Crippen LogP contribution < -0.4 is 5.32 Å². The van der Waals surface area contributed by atoms with Gasteiger partial charge in [-0.2, -0.15) is 0 Å². The Morgan fingerprint density at radius 3 is 2.71 bits per heavy atom. The predicted octanol–water partition coefficient (Wildman–Crippen LogP) is 3.62. The van der Waals surface area contributed by atoms with Crippen LogP contribution in [-0.4, -0.2) is 12.6 Å². The quantitative estimate of drug-likeness (QED) is 0.586. The van der Waals surface area contributed by atoms with Crippen molar-refractivity contribution in [1.29, 1.82) is 0 Å². The molecule has 0 aliphatic heterocycles. The summed E-state index contributed by atoms with van der Waals surface area (Å²) in [5, 5.41) is 3.36. The van der Waals surface area contributed by atoms with Crippen LogP contribution in [0.4, 0.5) is 4.39 Å². The molecule has 94 valence electrons. The summed E-state index contributed by atoms with van der Waals surface area (Å²) in [6.07, 6.45) is 6.26. The van der Waals surface area contributed by atoms with Crippen LogP contribution >= 0.6 is 0 Å². The second-order valence-electron chi connectivity index (χ2n) is 4.64. The molecule has 0 unspecified atom stereocenters. The fraction of sp³-hybridized carbons (Fsp3) is 0.467. The zero-order valence-electron chi connectivity index (χ0n) is 11.0. The van der Waals surface area contributed by atoms with Gasteiger partial charge in [-0.15, -0.1) is 0 Å². The minimum Gasteiger partial charge on any atom is -0.314 e. The minimum atomic E-state index is -0.156. The van der Waals surface area contributed by atoms with E-state index in [-0.39, 0.29) is 5.82 Å². The lowest BCUT2D eigenvalue weighted by Crippen LogP contribution is -2.23. The molecule has 17 heavy (non-hydrogen) atoms. The average molecular weight is 235 g/mol. The summed E-state index contributed by atoms with van der Waals surface area (Å²) >= 11 is 0. The number of allylic oxidation sites excluding steroid dienone is 1. The third kappa shape index (κ3) is 5.64. The van der Waals surface area contributed by atoms with Crippen LogP contribution in [0.3, 0.4) is 0 Å². The summed E-state index contributed by atoms with van der Waals surface area (Å²) in [5.41, 5.74) is 2.22. The van der Waals surface area contributed by atoms with Crippen LogP contribution in [0.5, 0.6) is 0 Å². The number of halogens is 1. The maximum Gasteiger partial charge on any atom is 0.123 e.